The largest absolute Gasteiger partial charge is 0.573 e. The molecule has 180 valence electrons. The van der Waals surface area contributed by atoms with Gasteiger partial charge in [-0.1, -0.05) is 12.1 Å². The molecule has 0 aliphatic carbocycles. The average Bonchev–Trinajstić information content (AvgIpc) is 3.31. The summed E-state index contributed by atoms with van der Waals surface area (Å²) in [5.41, 5.74) is 2.16. The molecule has 1 unspecified atom stereocenters. The molecular weight excluding hydrogens is 449 g/mol. The summed E-state index contributed by atoms with van der Waals surface area (Å²) in [6.45, 7) is 1.31. The van der Waals surface area contributed by atoms with E-state index in [0.717, 1.165) is 24.1 Å². The molecule has 1 aromatic carbocycles. The number of rotatable bonds is 6. The molecule has 0 bridgehead atoms. The first kappa shape index (κ1) is 23.5. The van der Waals surface area contributed by atoms with Crippen LogP contribution in [0.4, 0.5) is 19.1 Å². The molecular formula is C23H25F3N6O2. The molecule has 34 heavy (non-hydrogen) atoms. The summed E-state index contributed by atoms with van der Waals surface area (Å²) < 4.78 is 43.2. The second kappa shape index (κ2) is 9.70. The highest BCUT2D eigenvalue weighted by Crippen LogP contribution is 2.35. The van der Waals surface area contributed by atoms with Gasteiger partial charge in [-0.3, -0.25) is 9.48 Å². The van der Waals surface area contributed by atoms with Crippen LogP contribution >= 0.6 is 0 Å². The predicted molar refractivity (Wildman–Crippen MR) is 119 cm³/mol. The minimum atomic E-state index is -4.75. The average molecular weight is 474 g/mol. The van der Waals surface area contributed by atoms with E-state index in [4.69, 9.17) is 4.98 Å². The fourth-order valence-corrected chi connectivity index (χ4v) is 4.03. The molecule has 0 N–H and O–H groups in total. The zero-order chi connectivity index (χ0) is 24.3. The van der Waals surface area contributed by atoms with Crippen molar-refractivity contribution in [1.82, 2.24) is 24.6 Å². The van der Waals surface area contributed by atoms with E-state index >= 15 is 0 Å². The van der Waals surface area contributed by atoms with Gasteiger partial charge in [-0.05, 0) is 36.6 Å². The first-order chi connectivity index (χ1) is 16.2. The number of halogens is 3. The highest BCUT2D eigenvalue weighted by atomic mass is 19.4. The van der Waals surface area contributed by atoms with E-state index in [2.05, 4.69) is 14.8 Å². The summed E-state index contributed by atoms with van der Waals surface area (Å²) in [5, 5.41) is 4.10. The minimum absolute atomic E-state index is 0.0227. The van der Waals surface area contributed by atoms with Gasteiger partial charge in [-0.15, -0.1) is 13.2 Å². The molecule has 3 heterocycles. The number of anilines is 1. The third kappa shape index (κ3) is 5.64. The van der Waals surface area contributed by atoms with Gasteiger partial charge in [0.1, 0.15) is 12.3 Å². The Hall–Kier alpha value is -3.63. The zero-order valence-corrected chi connectivity index (χ0v) is 18.9. The molecule has 0 spiro atoms. The van der Waals surface area contributed by atoms with Crippen LogP contribution in [0.15, 0.2) is 48.9 Å². The summed E-state index contributed by atoms with van der Waals surface area (Å²) in [6.07, 6.45) is 1.95. The number of hydrogen-bond acceptors (Lipinski definition) is 6. The smallest absolute Gasteiger partial charge is 0.406 e. The Morgan fingerprint density at radius 2 is 2.00 bits per heavy atom. The second-order valence-corrected chi connectivity index (χ2v) is 8.32. The summed E-state index contributed by atoms with van der Waals surface area (Å²) in [5.74, 6) is 0.163. The van der Waals surface area contributed by atoms with Crippen LogP contribution in [-0.2, 0) is 11.3 Å². The molecule has 3 aromatic rings. The van der Waals surface area contributed by atoms with Crippen LogP contribution in [0.25, 0.3) is 11.1 Å². The molecule has 0 radical (unpaired) electrons. The molecule has 0 saturated carbocycles. The van der Waals surface area contributed by atoms with Crippen molar-refractivity contribution in [1.29, 1.82) is 0 Å². The van der Waals surface area contributed by atoms with Crippen LogP contribution < -0.4 is 9.64 Å². The van der Waals surface area contributed by atoms with E-state index in [9.17, 15) is 18.0 Å². The predicted octanol–water partition coefficient (Wildman–Crippen LogP) is 3.71. The summed E-state index contributed by atoms with van der Waals surface area (Å²) in [6, 6.07) is 7.43. The molecule has 1 aliphatic rings. The van der Waals surface area contributed by atoms with Crippen LogP contribution in [0.5, 0.6) is 5.75 Å². The summed E-state index contributed by atoms with van der Waals surface area (Å²) in [4.78, 5) is 25.6. The Kier molecular flexibility index (Phi) is 6.71. The molecule has 1 saturated heterocycles. The number of aromatic nitrogens is 4. The highest BCUT2D eigenvalue weighted by molar-refractivity contribution is 5.76. The van der Waals surface area contributed by atoms with Gasteiger partial charge >= 0.3 is 6.36 Å². The second-order valence-electron chi connectivity index (χ2n) is 8.32. The van der Waals surface area contributed by atoms with Crippen LogP contribution in [-0.4, -0.2) is 64.1 Å². The topological polar surface area (TPSA) is 76.4 Å². The number of piperidine rings is 1. The number of hydrogen-bond donors (Lipinski definition) is 0. The third-order valence-corrected chi connectivity index (χ3v) is 5.62. The lowest BCUT2D eigenvalue weighted by Crippen LogP contribution is -2.41. The maximum atomic E-state index is 12.8. The Morgan fingerprint density at radius 1 is 1.24 bits per heavy atom. The SMILES string of the molecule is CN(C)c1ncc(-c2ccc(OC(F)(F)F)cc2)c(C2CCCN(C(=O)Cn3cccn3)C2)n1. The summed E-state index contributed by atoms with van der Waals surface area (Å²) in [7, 11) is 3.67. The van der Waals surface area contributed by atoms with E-state index in [-0.39, 0.29) is 24.1 Å². The molecule has 1 aliphatic heterocycles. The molecule has 1 fully saturated rings. The molecule has 1 atom stereocenters. The van der Waals surface area contributed by atoms with Crippen molar-refractivity contribution >= 4 is 11.9 Å². The van der Waals surface area contributed by atoms with Crippen molar-refractivity contribution in [2.75, 3.05) is 32.1 Å². The molecule has 8 nitrogen and oxygen atoms in total. The number of carbonyl (C=O) groups excluding carboxylic acids is 1. The standard InChI is InChI=1S/C23H25F3N6O2/c1-30(2)22-27-13-19(16-6-8-18(9-7-16)34-23(24,25)26)21(29-22)17-5-3-11-31(14-17)20(33)15-32-12-4-10-28-32/h4,6-10,12-13,17H,3,5,11,14-15H2,1-2H3. The van der Waals surface area contributed by atoms with Crippen molar-refractivity contribution in [2.45, 2.75) is 31.7 Å². The highest BCUT2D eigenvalue weighted by Gasteiger charge is 2.31. The van der Waals surface area contributed by atoms with Gasteiger partial charge in [0, 0.05) is 57.3 Å². The molecule has 4 rings (SSSR count). The fraction of sp³-hybridized carbons (Fsp3) is 0.391. The number of amides is 1. The number of benzene rings is 1. The molecule has 1 amide bonds. The van der Waals surface area contributed by atoms with Gasteiger partial charge in [0.2, 0.25) is 11.9 Å². The van der Waals surface area contributed by atoms with Crippen LogP contribution in [0.1, 0.15) is 24.5 Å². The Balaban J connectivity index is 1.61. The lowest BCUT2D eigenvalue weighted by molar-refractivity contribution is -0.274. The monoisotopic (exact) mass is 474 g/mol. The van der Waals surface area contributed by atoms with Gasteiger partial charge in [-0.2, -0.15) is 5.10 Å². The summed E-state index contributed by atoms with van der Waals surface area (Å²) >= 11 is 0. The van der Waals surface area contributed by atoms with Crippen molar-refractivity contribution in [3.05, 3.63) is 54.6 Å². The lowest BCUT2D eigenvalue weighted by Gasteiger charge is -2.33. The molecule has 11 heteroatoms. The van der Waals surface area contributed by atoms with Crippen LogP contribution in [0.2, 0.25) is 0 Å². The maximum Gasteiger partial charge on any atom is 0.573 e. The number of carbonyl (C=O) groups is 1. The van der Waals surface area contributed by atoms with Crippen molar-refractivity contribution in [2.24, 2.45) is 0 Å². The van der Waals surface area contributed by atoms with Crippen molar-refractivity contribution < 1.29 is 22.7 Å². The number of nitrogens with zero attached hydrogens (tertiary/aromatic N) is 6. The first-order valence-electron chi connectivity index (χ1n) is 10.9. The Morgan fingerprint density at radius 3 is 2.65 bits per heavy atom. The van der Waals surface area contributed by atoms with E-state index in [1.54, 1.807) is 46.4 Å². The van der Waals surface area contributed by atoms with Crippen molar-refractivity contribution in [3.8, 4) is 16.9 Å². The van der Waals surface area contributed by atoms with E-state index < -0.39 is 6.36 Å². The quantitative estimate of drug-likeness (QED) is 0.542. The van der Waals surface area contributed by atoms with Crippen LogP contribution in [0, 0.1) is 0 Å². The van der Waals surface area contributed by atoms with Gasteiger partial charge < -0.3 is 14.5 Å². The van der Waals surface area contributed by atoms with Gasteiger partial charge in [0.05, 0.1) is 5.69 Å². The van der Waals surface area contributed by atoms with Gasteiger partial charge in [0.15, 0.2) is 0 Å². The van der Waals surface area contributed by atoms with Gasteiger partial charge in [0.25, 0.3) is 0 Å². The minimum Gasteiger partial charge on any atom is -0.406 e. The normalized spacial score (nSPS) is 16.4. The number of likely N-dealkylation sites (tertiary alicyclic amines) is 1. The number of alkyl halides is 3. The van der Waals surface area contributed by atoms with E-state index in [0.29, 0.717) is 24.6 Å². The maximum absolute atomic E-state index is 12.8. The lowest BCUT2D eigenvalue weighted by atomic mass is 9.90. The zero-order valence-electron chi connectivity index (χ0n) is 18.9. The molecule has 2 aromatic heterocycles. The third-order valence-electron chi connectivity index (χ3n) is 5.62. The Bertz CT molecular complexity index is 1120. The van der Waals surface area contributed by atoms with Crippen molar-refractivity contribution in [3.63, 3.8) is 0 Å². The first-order valence-corrected chi connectivity index (χ1v) is 10.9. The van der Waals surface area contributed by atoms with E-state index in [1.165, 1.54) is 12.1 Å². The van der Waals surface area contributed by atoms with E-state index in [1.807, 2.05) is 19.0 Å². The fourth-order valence-electron chi connectivity index (χ4n) is 4.03. The van der Waals surface area contributed by atoms with Crippen LogP contribution in [0.3, 0.4) is 0 Å². The van der Waals surface area contributed by atoms with Gasteiger partial charge in [-0.25, -0.2) is 9.97 Å². The Labute approximate surface area is 195 Å². The number of ether oxygens (including phenoxy) is 1.